The average molecular weight is 299 g/mol. The van der Waals surface area contributed by atoms with Crippen LogP contribution < -0.4 is 0 Å². The van der Waals surface area contributed by atoms with E-state index in [1.54, 1.807) is 12.4 Å². The molecule has 0 aliphatic carbocycles. The van der Waals surface area contributed by atoms with Crippen LogP contribution in [-0.4, -0.2) is 15.2 Å². The molecule has 4 nitrogen and oxygen atoms in total. The lowest BCUT2D eigenvalue weighted by Gasteiger charge is -1.96. The van der Waals surface area contributed by atoms with Crippen molar-refractivity contribution in [3.8, 4) is 11.5 Å². The Labute approximate surface area is 128 Å². The Balaban J connectivity index is 0.000000774. The third-order valence-electron chi connectivity index (χ3n) is 2.54. The fraction of sp³-hybridized carbons (Fsp3) is 0.188. The number of benzene rings is 1. The van der Waals surface area contributed by atoms with E-state index in [2.05, 4.69) is 27.3 Å². The van der Waals surface area contributed by atoms with Crippen molar-refractivity contribution in [3.63, 3.8) is 0 Å². The molecule has 2 aromatic heterocycles. The molecule has 3 aromatic rings. The normalized spacial score (nSPS) is 9.81. The lowest BCUT2D eigenvalue weighted by molar-refractivity contribution is 0.466. The van der Waals surface area contributed by atoms with Crippen molar-refractivity contribution in [2.24, 2.45) is 0 Å². The molecule has 5 heteroatoms. The van der Waals surface area contributed by atoms with E-state index in [0.717, 1.165) is 11.3 Å². The maximum Gasteiger partial charge on any atom is 0.277 e. The Bertz CT molecular complexity index is 641. The number of rotatable bonds is 4. The van der Waals surface area contributed by atoms with Gasteiger partial charge in [0.2, 0.25) is 5.89 Å². The molecular weight excluding hydrogens is 282 g/mol. The molecule has 0 bridgehead atoms. The van der Waals surface area contributed by atoms with E-state index in [9.17, 15) is 0 Å². The third-order valence-corrected chi connectivity index (χ3v) is 3.43. The minimum atomic E-state index is 0.526. The van der Waals surface area contributed by atoms with Gasteiger partial charge in [-0.15, -0.1) is 10.2 Å². The predicted molar refractivity (Wildman–Crippen MR) is 84.9 cm³/mol. The molecule has 0 radical (unpaired) electrons. The van der Waals surface area contributed by atoms with E-state index >= 15 is 0 Å². The number of hydrogen-bond acceptors (Lipinski definition) is 5. The van der Waals surface area contributed by atoms with Gasteiger partial charge in [0.25, 0.3) is 5.22 Å². The Morgan fingerprint density at radius 2 is 1.67 bits per heavy atom. The van der Waals surface area contributed by atoms with Gasteiger partial charge in [0, 0.05) is 23.7 Å². The second kappa shape index (κ2) is 8.21. The van der Waals surface area contributed by atoms with Gasteiger partial charge in [-0.2, -0.15) is 0 Å². The standard InChI is InChI=1S/C14H11N3OS.C2H6/c1-2-4-11(5-3-1)10-19-14-17-16-13(18-14)12-6-8-15-9-7-12;1-2/h1-9H,10H2;1-2H3. The first-order valence-corrected chi connectivity index (χ1v) is 7.81. The van der Waals surface area contributed by atoms with Crippen LogP contribution in [0.4, 0.5) is 0 Å². The summed E-state index contributed by atoms with van der Waals surface area (Å²) in [5, 5.41) is 8.65. The molecular formula is C16H17N3OS. The molecule has 0 saturated carbocycles. The first-order chi connectivity index (χ1) is 10.4. The number of thioether (sulfide) groups is 1. The van der Waals surface area contributed by atoms with Crippen LogP contribution >= 0.6 is 11.8 Å². The van der Waals surface area contributed by atoms with Gasteiger partial charge >= 0.3 is 0 Å². The summed E-state index contributed by atoms with van der Waals surface area (Å²) >= 11 is 1.53. The van der Waals surface area contributed by atoms with Gasteiger partial charge < -0.3 is 4.42 Å². The largest absolute Gasteiger partial charge is 0.411 e. The van der Waals surface area contributed by atoms with E-state index in [1.807, 2.05) is 44.2 Å². The van der Waals surface area contributed by atoms with Crippen molar-refractivity contribution >= 4 is 11.8 Å². The number of nitrogens with zero attached hydrogens (tertiary/aromatic N) is 3. The summed E-state index contributed by atoms with van der Waals surface area (Å²) in [6.45, 7) is 4.00. The molecule has 0 N–H and O–H groups in total. The highest BCUT2D eigenvalue weighted by Crippen LogP contribution is 2.25. The van der Waals surface area contributed by atoms with Gasteiger partial charge in [-0.05, 0) is 17.7 Å². The van der Waals surface area contributed by atoms with Crippen LogP contribution in [0.5, 0.6) is 0 Å². The second-order valence-electron chi connectivity index (χ2n) is 3.88. The number of aromatic nitrogens is 3. The van der Waals surface area contributed by atoms with Gasteiger partial charge in [0.05, 0.1) is 0 Å². The summed E-state index contributed by atoms with van der Waals surface area (Å²) in [7, 11) is 0. The van der Waals surface area contributed by atoms with Crippen LogP contribution in [0.2, 0.25) is 0 Å². The first kappa shape index (κ1) is 15.3. The smallest absolute Gasteiger partial charge is 0.277 e. The quantitative estimate of drug-likeness (QED) is 0.666. The third kappa shape index (κ3) is 4.43. The van der Waals surface area contributed by atoms with Crippen molar-refractivity contribution in [3.05, 3.63) is 60.4 Å². The van der Waals surface area contributed by atoms with Crippen LogP contribution in [0.25, 0.3) is 11.5 Å². The summed E-state index contributed by atoms with van der Waals surface area (Å²) in [5.41, 5.74) is 2.12. The summed E-state index contributed by atoms with van der Waals surface area (Å²) in [6.07, 6.45) is 3.41. The number of pyridine rings is 1. The highest BCUT2D eigenvalue weighted by molar-refractivity contribution is 7.98. The average Bonchev–Trinajstić information content (AvgIpc) is 3.06. The molecule has 0 atom stereocenters. The lowest BCUT2D eigenvalue weighted by Crippen LogP contribution is -1.79. The Morgan fingerprint density at radius 3 is 2.38 bits per heavy atom. The molecule has 0 aliphatic rings. The molecule has 0 saturated heterocycles. The van der Waals surface area contributed by atoms with Gasteiger partial charge in [-0.25, -0.2) is 0 Å². The molecule has 2 heterocycles. The minimum absolute atomic E-state index is 0.526. The molecule has 0 spiro atoms. The Hall–Kier alpha value is -2.14. The maximum atomic E-state index is 5.60. The van der Waals surface area contributed by atoms with Crippen molar-refractivity contribution in [2.45, 2.75) is 24.8 Å². The fourth-order valence-corrected chi connectivity index (χ4v) is 2.32. The van der Waals surface area contributed by atoms with Crippen molar-refractivity contribution in [2.75, 3.05) is 0 Å². The van der Waals surface area contributed by atoms with Crippen LogP contribution in [0.3, 0.4) is 0 Å². The molecule has 0 aliphatic heterocycles. The van der Waals surface area contributed by atoms with E-state index in [1.165, 1.54) is 17.3 Å². The summed E-state index contributed by atoms with van der Waals surface area (Å²) in [6, 6.07) is 13.9. The molecule has 0 amide bonds. The number of hydrogen-bond donors (Lipinski definition) is 0. The SMILES string of the molecule is CC.c1ccc(CSc2nnc(-c3ccncc3)o2)cc1. The zero-order chi connectivity index (χ0) is 14.9. The van der Waals surface area contributed by atoms with Crippen LogP contribution in [-0.2, 0) is 5.75 Å². The van der Waals surface area contributed by atoms with E-state index < -0.39 is 0 Å². The van der Waals surface area contributed by atoms with E-state index in [-0.39, 0.29) is 0 Å². The fourth-order valence-electron chi connectivity index (χ4n) is 1.60. The topological polar surface area (TPSA) is 51.8 Å². The first-order valence-electron chi connectivity index (χ1n) is 6.82. The molecule has 3 rings (SSSR count). The van der Waals surface area contributed by atoms with E-state index in [4.69, 9.17) is 4.42 Å². The summed E-state index contributed by atoms with van der Waals surface area (Å²) < 4.78 is 5.60. The van der Waals surface area contributed by atoms with Crippen molar-refractivity contribution in [1.29, 1.82) is 0 Å². The molecule has 108 valence electrons. The second-order valence-corrected chi connectivity index (χ2v) is 4.81. The minimum Gasteiger partial charge on any atom is -0.411 e. The van der Waals surface area contributed by atoms with E-state index in [0.29, 0.717) is 11.1 Å². The van der Waals surface area contributed by atoms with Crippen molar-refractivity contribution in [1.82, 2.24) is 15.2 Å². The highest BCUT2D eigenvalue weighted by atomic mass is 32.2. The Kier molecular flexibility index (Phi) is 5.97. The van der Waals surface area contributed by atoms with Gasteiger partial charge in [0.15, 0.2) is 0 Å². The summed E-state index contributed by atoms with van der Waals surface area (Å²) in [5.74, 6) is 1.34. The molecule has 0 unspecified atom stereocenters. The van der Waals surface area contributed by atoms with Gasteiger partial charge in [0.1, 0.15) is 0 Å². The van der Waals surface area contributed by atoms with Crippen molar-refractivity contribution < 1.29 is 4.42 Å². The molecule has 21 heavy (non-hydrogen) atoms. The maximum absolute atomic E-state index is 5.60. The lowest BCUT2D eigenvalue weighted by atomic mass is 10.2. The summed E-state index contributed by atoms with van der Waals surface area (Å²) in [4.78, 5) is 3.96. The zero-order valence-corrected chi connectivity index (χ0v) is 12.9. The van der Waals surface area contributed by atoms with Crippen LogP contribution in [0.15, 0.2) is 64.5 Å². The molecule has 0 fully saturated rings. The highest BCUT2D eigenvalue weighted by Gasteiger charge is 2.08. The van der Waals surface area contributed by atoms with Crippen LogP contribution in [0.1, 0.15) is 19.4 Å². The molecule has 1 aromatic carbocycles. The monoisotopic (exact) mass is 299 g/mol. The van der Waals surface area contributed by atoms with Crippen LogP contribution in [0, 0.1) is 0 Å². The zero-order valence-electron chi connectivity index (χ0n) is 12.1. The predicted octanol–water partition coefficient (Wildman–Crippen LogP) is 4.45. The van der Waals surface area contributed by atoms with Gasteiger partial charge in [-0.3, -0.25) is 4.98 Å². The van der Waals surface area contributed by atoms with Gasteiger partial charge in [-0.1, -0.05) is 55.9 Å². The Morgan fingerprint density at radius 1 is 0.952 bits per heavy atom.